The van der Waals surface area contributed by atoms with Crippen LogP contribution in [0.4, 0.5) is 0 Å². The fourth-order valence-electron chi connectivity index (χ4n) is 1.64. The van der Waals surface area contributed by atoms with E-state index in [-0.39, 0.29) is 5.92 Å². The highest BCUT2D eigenvalue weighted by molar-refractivity contribution is 7.71. The minimum absolute atomic E-state index is 0.270. The summed E-state index contributed by atoms with van der Waals surface area (Å²) in [5.74, 6) is 1.11. The first kappa shape index (κ1) is 12.7. The van der Waals surface area contributed by atoms with Crippen molar-refractivity contribution >= 4 is 18.4 Å². The minimum atomic E-state index is 0.270. The molecule has 18 heavy (non-hydrogen) atoms. The van der Waals surface area contributed by atoms with Gasteiger partial charge < -0.3 is 0 Å². The van der Waals surface area contributed by atoms with E-state index in [1.54, 1.807) is 4.68 Å². The fourth-order valence-corrected chi connectivity index (χ4v) is 1.83. The van der Waals surface area contributed by atoms with Crippen LogP contribution >= 0.6 is 12.2 Å². The summed E-state index contributed by atoms with van der Waals surface area (Å²) in [4.78, 5) is 0. The van der Waals surface area contributed by atoms with Crippen LogP contribution < -0.4 is 0 Å². The molecule has 0 spiro atoms. The Kier molecular flexibility index (Phi) is 3.72. The van der Waals surface area contributed by atoms with Crippen molar-refractivity contribution < 1.29 is 0 Å². The highest BCUT2D eigenvalue weighted by atomic mass is 32.1. The Morgan fingerprint density at radius 1 is 1.39 bits per heavy atom. The Hall–Kier alpha value is -1.75. The van der Waals surface area contributed by atoms with E-state index in [4.69, 9.17) is 12.2 Å². The summed E-state index contributed by atoms with van der Waals surface area (Å²) in [6, 6.07) is 8.08. The molecule has 0 unspecified atom stereocenters. The van der Waals surface area contributed by atoms with Crippen molar-refractivity contribution in [1.29, 1.82) is 0 Å². The lowest BCUT2D eigenvalue weighted by molar-refractivity contribution is 0.695. The van der Waals surface area contributed by atoms with Crippen molar-refractivity contribution in [2.75, 3.05) is 0 Å². The van der Waals surface area contributed by atoms with E-state index >= 15 is 0 Å². The molecule has 0 atom stereocenters. The number of H-pyrrole nitrogens is 1. The van der Waals surface area contributed by atoms with E-state index in [1.807, 2.05) is 24.4 Å². The van der Waals surface area contributed by atoms with Gasteiger partial charge in [-0.1, -0.05) is 38.1 Å². The Bertz CT molecular complexity index is 622. The number of hydrogen-bond acceptors (Lipinski definition) is 3. The van der Waals surface area contributed by atoms with Crippen LogP contribution in [0.25, 0.3) is 0 Å². The predicted molar refractivity (Wildman–Crippen MR) is 75.7 cm³/mol. The standard InChI is InChI=1S/C13H16N4S/c1-9(2)12-15-16-13(18)17(12)14-8-11-7-5-4-6-10(11)3/h4-9H,1-3H3,(H,16,18)/b14-8-. The van der Waals surface area contributed by atoms with Crippen molar-refractivity contribution in [3.8, 4) is 0 Å². The molecule has 0 radical (unpaired) electrons. The van der Waals surface area contributed by atoms with Crippen LogP contribution in [-0.4, -0.2) is 21.1 Å². The van der Waals surface area contributed by atoms with E-state index in [9.17, 15) is 0 Å². The molecular formula is C13H16N4S. The van der Waals surface area contributed by atoms with Crippen molar-refractivity contribution in [1.82, 2.24) is 14.9 Å². The molecule has 0 saturated heterocycles. The third-order valence-corrected chi connectivity index (χ3v) is 2.96. The van der Waals surface area contributed by atoms with Crippen LogP contribution in [0.15, 0.2) is 29.4 Å². The molecule has 1 aromatic carbocycles. The second-order valence-corrected chi connectivity index (χ2v) is 4.84. The van der Waals surface area contributed by atoms with Crippen LogP contribution in [0.5, 0.6) is 0 Å². The third kappa shape index (κ3) is 2.56. The molecular weight excluding hydrogens is 244 g/mol. The number of aryl methyl sites for hydroxylation is 1. The quantitative estimate of drug-likeness (QED) is 0.680. The molecule has 2 rings (SSSR count). The minimum Gasteiger partial charge on any atom is -0.250 e. The maximum atomic E-state index is 5.17. The first-order valence-electron chi connectivity index (χ1n) is 5.87. The zero-order valence-electron chi connectivity index (χ0n) is 10.7. The van der Waals surface area contributed by atoms with Gasteiger partial charge in [-0.05, 0) is 30.3 Å². The maximum absolute atomic E-state index is 5.17. The lowest BCUT2D eigenvalue weighted by atomic mass is 10.1. The van der Waals surface area contributed by atoms with E-state index in [0.717, 1.165) is 11.4 Å². The average molecular weight is 260 g/mol. The molecule has 2 aromatic rings. The van der Waals surface area contributed by atoms with E-state index in [0.29, 0.717) is 4.77 Å². The van der Waals surface area contributed by atoms with Gasteiger partial charge in [-0.3, -0.25) is 5.10 Å². The van der Waals surface area contributed by atoms with Crippen LogP contribution in [0.2, 0.25) is 0 Å². The molecule has 0 amide bonds. The molecule has 0 aliphatic carbocycles. The lowest BCUT2D eigenvalue weighted by Gasteiger charge is -2.03. The van der Waals surface area contributed by atoms with Crippen LogP contribution in [0.1, 0.15) is 36.7 Å². The van der Waals surface area contributed by atoms with Gasteiger partial charge >= 0.3 is 0 Å². The zero-order chi connectivity index (χ0) is 13.1. The zero-order valence-corrected chi connectivity index (χ0v) is 11.5. The molecule has 0 bridgehead atoms. The molecule has 1 N–H and O–H groups in total. The first-order chi connectivity index (χ1) is 8.59. The number of rotatable bonds is 3. The molecule has 0 fully saturated rings. The van der Waals surface area contributed by atoms with Gasteiger partial charge in [-0.15, -0.1) is 0 Å². The van der Waals surface area contributed by atoms with Crippen LogP contribution in [-0.2, 0) is 0 Å². The molecule has 0 aliphatic heterocycles. The van der Waals surface area contributed by atoms with E-state index in [2.05, 4.69) is 42.1 Å². The molecule has 1 heterocycles. The second-order valence-electron chi connectivity index (χ2n) is 4.45. The third-order valence-electron chi connectivity index (χ3n) is 2.69. The van der Waals surface area contributed by atoms with E-state index in [1.165, 1.54) is 5.56 Å². The number of benzene rings is 1. The van der Waals surface area contributed by atoms with Gasteiger partial charge in [0, 0.05) is 5.92 Å². The second kappa shape index (κ2) is 5.27. The number of aromatic amines is 1. The van der Waals surface area contributed by atoms with Gasteiger partial charge in [0.15, 0.2) is 5.82 Å². The van der Waals surface area contributed by atoms with Crippen molar-refractivity contribution in [2.24, 2.45) is 5.10 Å². The monoisotopic (exact) mass is 260 g/mol. The fraction of sp³-hybridized carbons (Fsp3) is 0.308. The van der Waals surface area contributed by atoms with Crippen LogP contribution in [0.3, 0.4) is 0 Å². The molecule has 0 saturated carbocycles. The molecule has 0 aliphatic rings. The van der Waals surface area contributed by atoms with Gasteiger partial charge in [-0.2, -0.15) is 14.9 Å². The number of nitrogens with zero attached hydrogens (tertiary/aromatic N) is 3. The molecule has 94 valence electrons. The Morgan fingerprint density at radius 3 is 2.78 bits per heavy atom. The van der Waals surface area contributed by atoms with Gasteiger partial charge in [0.1, 0.15) is 0 Å². The van der Waals surface area contributed by atoms with Gasteiger partial charge in [0.2, 0.25) is 4.77 Å². The normalized spacial score (nSPS) is 11.6. The summed E-state index contributed by atoms with van der Waals surface area (Å²) in [5, 5.41) is 11.4. The predicted octanol–water partition coefficient (Wildman–Crippen LogP) is 3.25. The summed E-state index contributed by atoms with van der Waals surface area (Å²) in [7, 11) is 0. The summed E-state index contributed by atoms with van der Waals surface area (Å²) in [5.41, 5.74) is 2.26. The summed E-state index contributed by atoms with van der Waals surface area (Å²) < 4.78 is 2.19. The Morgan fingerprint density at radius 2 is 2.11 bits per heavy atom. The van der Waals surface area contributed by atoms with E-state index < -0.39 is 0 Å². The number of hydrogen-bond donors (Lipinski definition) is 1. The summed E-state index contributed by atoms with van der Waals surface area (Å²) >= 11 is 5.17. The highest BCUT2D eigenvalue weighted by Crippen LogP contribution is 2.11. The molecule has 4 nitrogen and oxygen atoms in total. The van der Waals surface area contributed by atoms with Crippen molar-refractivity contribution in [3.05, 3.63) is 46.0 Å². The van der Waals surface area contributed by atoms with Crippen LogP contribution in [0, 0.1) is 11.7 Å². The topological polar surface area (TPSA) is 46.0 Å². The molecule has 1 aromatic heterocycles. The largest absolute Gasteiger partial charge is 0.250 e. The first-order valence-corrected chi connectivity index (χ1v) is 6.27. The van der Waals surface area contributed by atoms with Gasteiger partial charge in [-0.25, -0.2) is 0 Å². The lowest BCUT2D eigenvalue weighted by Crippen LogP contribution is -2.01. The van der Waals surface area contributed by atoms with Crippen molar-refractivity contribution in [3.63, 3.8) is 0 Å². The Labute approximate surface area is 111 Å². The van der Waals surface area contributed by atoms with Gasteiger partial charge in [0.25, 0.3) is 0 Å². The van der Waals surface area contributed by atoms with Crippen molar-refractivity contribution in [2.45, 2.75) is 26.7 Å². The maximum Gasteiger partial charge on any atom is 0.216 e. The average Bonchev–Trinajstić information content (AvgIpc) is 2.70. The number of aromatic nitrogens is 3. The van der Waals surface area contributed by atoms with Gasteiger partial charge in [0.05, 0.1) is 6.21 Å². The summed E-state index contributed by atoms with van der Waals surface area (Å²) in [6.07, 6.45) is 1.81. The number of nitrogens with one attached hydrogen (secondary N) is 1. The summed E-state index contributed by atoms with van der Waals surface area (Å²) in [6.45, 7) is 6.18. The molecule has 5 heteroatoms. The smallest absolute Gasteiger partial charge is 0.216 e. The Balaban J connectivity index is 2.38. The highest BCUT2D eigenvalue weighted by Gasteiger charge is 2.08. The SMILES string of the molecule is Cc1ccccc1/C=N\n1c(C(C)C)n[nH]c1=S.